The van der Waals surface area contributed by atoms with Crippen LogP contribution in [0.2, 0.25) is 0 Å². The zero-order valence-electron chi connectivity index (χ0n) is 4.32. The van der Waals surface area contributed by atoms with Crippen molar-refractivity contribution in [2.24, 2.45) is 0 Å². The number of hydrogen-bond donors (Lipinski definition) is 0. The summed E-state index contributed by atoms with van der Waals surface area (Å²) in [4.78, 5) is 0. The molecule has 0 unspecified atom stereocenters. The van der Waals surface area contributed by atoms with E-state index >= 15 is 0 Å². The molecule has 0 aromatic heterocycles. The van der Waals surface area contributed by atoms with Crippen LogP contribution in [0.3, 0.4) is 0 Å². The molecule has 9 heavy (non-hydrogen) atoms. The van der Waals surface area contributed by atoms with E-state index in [-0.39, 0.29) is 0 Å². The molecule has 0 spiro atoms. The molecular formula is C6H3F2Ir. The molecule has 0 saturated carbocycles. The van der Waals surface area contributed by atoms with Crippen molar-refractivity contribution >= 4 is 4.08 Å². The van der Waals surface area contributed by atoms with Crippen LogP contribution in [0.15, 0.2) is 18.2 Å². The van der Waals surface area contributed by atoms with Gasteiger partial charge in [-0.25, -0.2) is 0 Å². The van der Waals surface area contributed by atoms with E-state index in [1.807, 2.05) is 0 Å². The van der Waals surface area contributed by atoms with Crippen LogP contribution < -0.4 is 4.08 Å². The first kappa shape index (κ1) is 6.84. The van der Waals surface area contributed by atoms with Crippen LogP contribution in [0.25, 0.3) is 0 Å². The van der Waals surface area contributed by atoms with Gasteiger partial charge in [0, 0.05) is 0 Å². The van der Waals surface area contributed by atoms with Crippen molar-refractivity contribution in [1.29, 1.82) is 0 Å². The van der Waals surface area contributed by atoms with Gasteiger partial charge >= 0.3 is 61.6 Å². The average molecular weight is 305 g/mol. The molecule has 1 aromatic rings. The molecule has 0 radical (unpaired) electrons. The summed E-state index contributed by atoms with van der Waals surface area (Å²) >= 11 is 1.53. The molecule has 0 aliphatic heterocycles. The molecule has 0 atom stereocenters. The molecule has 1 aromatic carbocycles. The first-order valence-corrected chi connectivity index (χ1v) is 3.49. The van der Waals surface area contributed by atoms with Crippen LogP contribution >= 0.6 is 0 Å². The second-order valence-electron chi connectivity index (χ2n) is 1.51. The van der Waals surface area contributed by atoms with Crippen LogP contribution in [-0.2, 0) is 18.9 Å². The van der Waals surface area contributed by atoms with Crippen LogP contribution in [0.5, 0.6) is 0 Å². The van der Waals surface area contributed by atoms with Gasteiger partial charge < -0.3 is 0 Å². The normalized spacial score (nSPS) is 9.78. The Morgan fingerprint density at radius 2 is 1.89 bits per heavy atom. The van der Waals surface area contributed by atoms with Crippen molar-refractivity contribution in [3.05, 3.63) is 29.8 Å². The molecule has 0 saturated heterocycles. The summed E-state index contributed by atoms with van der Waals surface area (Å²) in [5, 5.41) is 0. The standard InChI is InChI=1S/C6H3F2.Ir/c7-5-3-1-2-4-6(5)8;/h1-3H;. The number of rotatable bonds is 0. The SMILES string of the molecule is Fc1ccc[c]([Ir])c1F. The second kappa shape index (κ2) is 2.54. The summed E-state index contributed by atoms with van der Waals surface area (Å²) in [5.74, 6) is -1.53. The van der Waals surface area contributed by atoms with Crippen molar-refractivity contribution in [2.45, 2.75) is 0 Å². The monoisotopic (exact) mass is 306 g/mol. The molecule has 0 N–H and O–H groups in total. The number of hydrogen-bond acceptors (Lipinski definition) is 0. The maximum absolute atomic E-state index is 12.4. The quantitative estimate of drug-likeness (QED) is 0.674. The molecule has 3 heteroatoms. The Hall–Kier alpha value is -0.271. The van der Waals surface area contributed by atoms with Gasteiger partial charge in [0.05, 0.1) is 0 Å². The predicted octanol–water partition coefficient (Wildman–Crippen LogP) is 1.14. The van der Waals surface area contributed by atoms with Crippen molar-refractivity contribution in [3.63, 3.8) is 0 Å². The van der Waals surface area contributed by atoms with E-state index in [4.69, 9.17) is 0 Å². The van der Waals surface area contributed by atoms with Crippen molar-refractivity contribution in [2.75, 3.05) is 0 Å². The molecule has 1 rings (SSSR count). The Morgan fingerprint density at radius 3 is 2.33 bits per heavy atom. The zero-order valence-corrected chi connectivity index (χ0v) is 6.72. The van der Waals surface area contributed by atoms with Gasteiger partial charge in [0.15, 0.2) is 0 Å². The third kappa shape index (κ3) is 1.35. The molecule has 0 bridgehead atoms. The zero-order chi connectivity index (χ0) is 6.85. The van der Waals surface area contributed by atoms with Crippen LogP contribution in [0.4, 0.5) is 8.78 Å². The Balaban J connectivity index is 3.25. The summed E-state index contributed by atoms with van der Waals surface area (Å²) in [7, 11) is 0. The minimum absolute atomic E-state index is 0.343. The Labute approximate surface area is 62.0 Å². The van der Waals surface area contributed by atoms with Gasteiger partial charge in [-0.1, -0.05) is 0 Å². The maximum atomic E-state index is 12.4. The van der Waals surface area contributed by atoms with Crippen molar-refractivity contribution < 1.29 is 27.7 Å². The van der Waals surface area contributed by atoms with E-state index in [2.05, 4.69) is 0 Å². The van der Waals surface area contributed by atoms with Gasteiger partial charge in [0.25, 0.3) is 0 Å². The van der Waals surface area contributed by atoms with E-state index < -0.39 is 11.6 Å². The fourth-order valence-electron chi connectivity index (χ4n) is 0.468. The van der Waals surface area contributed by atoms with Crippen molar-refractivity contribution in [1.82, 2.24) is 0 Å². The summed E-state index contributed by atoms with van der Waals surface area (Å²) < 4.78 is 24.9. The molecule has 0 nitrogen and oxygen atoms in total. The van der Waals surface area contributed by atoms with Crippen molar-refractivity contribution in [3.8, 4) is 0 Å². The first-order chi connectivity index (χ1) is 4.22. The fraction of sp³-hybridized carbons (Fsp3) is 0. The van der Waals surface area contributed by atoms with E-state index in [0.29, 0.717) is 4.08 Å². The van der Waals surface area contributed by atoms with E-state index in [1.165, 1.54) is 31.0 Å². The topological polar surface area (TPSA) is 0 Å². The molecule has 0 aliphatic rings. The summed E-state index contributed by atoms with van der Waals surface area (Å²) in [6.07, 6.45) is 0. The second-order valence-corrected chi connectivity index (χ2v) is 2.80. The molecular weight excluding hydrogens is 302 g/mol. The molecule has 0 amide bonds. The number of benzene rings is 1. The van der Waals surface area contributed by atoms with Gasteiger partial charge in [-0.2, -0.15) is 0 Å². The van der Waals surface area contributed by atoms with Crippen LogP contribution in [0, 0.1) is 11.6 Å². The fourth-order valence-corrected chi connectivity index (χ4v) is 0.984. The van der Waals surface area contributed by atoms with Crippen LogP contribution in [-0.4, -0.2) is 0 Å². The van der Waals surface area contributed by atoms with Gasteiger partial charge in [-0.3, -0.25) is 0 Å². The molecule has 50 valence electrons. The van der Waals surface area contributed by atoms with E-state index in [0.717, 1.165) is 6.07 Å². The third-order valence-corrected chi connectivity index (χ3v) is 1.81. The summed E-state index contributed by atoms with van der Waals surface area (Å²) in [6, 6.07) is 4.11. The Kier molecular flexibility index (Phi) is 1.93. The Morgan fingerprint density at radius 1 is 1.22 bits per heavy atom. The van der Waals surface area contributed by atoms with E-state index in [1.54, 1.807) is 0 Å². The molecule has 0 heterocycles. The van der Waals surface area contributed by atoms with Gasteiger partial charge in [0.2, 0.25) is 0 Å². The molecule has 0 fully saturated rings. The van der Waals surface area contributed by atoms with Gasteiger partial charge in [-0.15, -0.1) is 0 Å². The predicted molar refractivity (Wildman–Crippen MR) is 26.0 cm³/mol. The summed E-state index contributed by atoms with van der Waals surface area (Å²) in [6.45, 7) is 0. The van der Waals surface area contributed by atoms with Gasteiger partial charge in [0.1, 0.15) is 0 Å². The first-order valence-electron chi connectivity index (χ1n) is 2.29. The molecule has 0 aliphatic carbocycles. The summed E-state index contributed by atoms with van der Waals surface area (Å²) in [5.41, 5.74) is 0. The van der Waals surface area contributed by atoms with E-state index in [9.17, 15) is 8.78 Å². The Bertz CT molecular complexity index is 202. The number of halogens is 2. The average Bonchev–Trinajstić information content (AvgIpc) is 1.83. The van der Waals surface area contributed by atoms with Crippen LogP contribution in [0.1, 0.15) is 0 Å². The minimum atomic E-state index is -0.782. The van der Waals surface area contributed by atoms with Gasteiger partial charge in [-0.05, 0) is 0 Å². The third-order valence-electron chi connectivity index (χ3n) is 0.887.